The highest BCUT2D eigenvalue weighted by Crippen LogP contribution is 2.21. The van der Waals surface area contributed by atoms with Gasteiger partial charge in [0.1, 0.15) is 5.76 Å². The van der Waals surface area contributed by atoms with Crippen molar-refractivity contribution >= 4 is 17.6 Å². The molecule has 3 heterocycles. The van der Waals surface area contributed by atoms with Gasteiger partial charge in [0, 0.05) is 56.6 Å². The Morgan fingerprint density at radius 2 is 1.77 bits per heavy atom. The number of benzene rings is 1. The van der Waals surface area contributed by atoms with Gasteiger partial charge in [-0.3, -0.25) is 9.69 Å². The predicted octanol–water partition coefficient (Wildman–Crippen LogP) is 2.28. The van der Waals surface area contributed by atoms with Crippen LogP contribution < -0.4 is 15.5 Å². The minimum absolute atomic E-state index is 0.0308. The number of piperidine rings is 1. The van der Waals surface area contributed by atoms with Crippen LogP contribution in [-0.4, -0.2) is 81.9 Å². The van der Waals surface area contributed by atoms with Crippen LogP contribution in [0.5, 0.6) is 0 Å². The summed E-state index contributed by atoms with van der Waals surface area (Å²) >= 11 is 0. The van der Waals surface area contributed by atoms with Crippen LogP contribution in [0.3, 0.4) is 0 Å². The van der Waals surface area contributed by atoms with Crippen LogP contribution >= 0.6 is 0 Å². The second-order valence-corrected chi connectivity index (χ2v) is 8.89. The maximum atomic E-state index is 12.5. The van der Waals surface area contributed by atoms with Crippen molar-refractivity contribution < 1.29 is 23.5 Å². The number of ether oxygens (including phenoxy) is 2. The molecule has 2 fully saturated rings. The van der Waals surface area contributed by atoms with E-state index in [2.05, 4.69) is 20.4 Å². The molecule has 1 aromatic carbocycles. The molecule has 2 aliphatic heterocycles. The van der Waals surface area contributed by atoms with Crippen molar-refractivity contribution in [2.24, 2.45) is 0 Å². The highest BCUT2D eigenvalue weighted by Gasteiger charge is 2.20. The average molecular weight is 485 g/mol. The first-order chi connectivity index (χ1) is 17.1. The molecule has 2 aliphatic rings. The fourth-order valence-electron chi connectivity index (χ4n) is 4.45. The molecule has 190 valence electrons. The third-order valence-electron chi connectivity index (χ3n) is 6.51. The van der Waals surface area contributed by atoms with E-state index in [0.717, 1.165) is 70.2 Å². The fraction of sp³-hybridized carbons (Fsp3) is 0.538. The molecule has 35 heavy (non-hydrogen) atoms. The Hall–Kier alpha value is -2.88. The Balaban J connectivity index is 1.16. The zero-order chi connectivity index (χ0) is 24.5. The number of rotatable bonds is 10. The maximum absolute atomic E-state index is 12.5. The molecule has 2 saturated heterocycles. The lowest BCUT2D eigenvalue weighted by Gasteiger charge is -2.34. The van der Waals surface area contributed by atoms with Crippen LogP contribution in [0.1, 0.15) is 46.4 Å². The van der Waals surface area contributed by atoms with Crippen molar-refractivity contribution in [3.63, 3.8) is 0 Å². The number of furan rings is 1. The molecule has 0 bridgehead atoms. The Morgan fingerprint density at radius 3 is 2.49 bits per heavy atom. The summed E-state index contributed by atoms with van der Waals surface area (Å²) in [6, 6.07) is 11.7. The number of hydrogen-bond donors (Lipinski definition) is 2. The second kappa shape index (κ2) is 12.7. The van der Waals surface area contributed by atoms with Crippen molar-refractivity contribution in [3.05, 3.63) is 53.5 Å². The van der Waals surface area contributed by atoms with E-state index in [-0.39, 0.29) is 11.7 Å². The standard InChI is InChI=1S/C26H36N4O5/c1-2-34-26(32)24-8-7-23(35-24)19-28-21-9-12-30(13-10-21)22-5-3-20(4-6-22)25(31)27-11-14-29-15-17-33-18-16-29/h3-8,21,28H,2,9-19H2,1H3,(H,27,31). The fourth-order valence-corrected chi connectivity index (χ4v) is 4.45. The topological polar surface area (TPSA) is 96.3 Å². The number of anilines is 1. The van der Waals surface area contributed by atoms with E-state index in [9.17, 15) is 9.59 Å². The Morgan fingerprint density at radius 1 is 1.03 bits per heavy atom. The lowest BCUT2D eigenvalue weighted by atomic mass is 10.0. The minimum Gasteiger partial charge on any atom is -0.460 e. The van der Waals surface area contributed by atoms with E-state index in [1.165, 1.54) is 0 Å². The Bertz CT molecular complexity index is 947. The number of nitrogens with one attached hydrogen (secondary N) is 2. The molecule has 0 spiro atoms. The van der Waals surface area contributed by atoms with Gasteiger partial charge in [-0.25, -0.2) is 4.79 Å². The van der Waals surface area contributed by atoms with Crippen LogP contribution in [0.4, 0.5) is 5.69 Å². The monoisotopic (exact) mass is 484 g/mol. The van der Waals surface area contributed by atoms with E-state index < -0.39 is 5.97 Å². The van der Waals surface area contributed by atoms with Gasteiger partial charge < -0.3 is 29.4 Å². The van der Waals surface area contributed by atoms with Crippen molar-refractivity contribution in [3.8, 4) is 0 Å². The number of esters is 1. The van der Waals surface area contributed by atoms with Crippen molar-refractivity contribution in [1.82, 2.24) is 15.5 Å². The highest BCUT2D eigenvalue weighted by molar-refractivity contribution is 5.94. The molecule has 1 amide bonds. The summed E-state index contributed by atoms with van der Waals surface area (Å²) in [6.45, 7) is 9.45. The van der Waals surface area contributed by atoms with E-state index in [1.807, 2.05) is 30.3 Å². The van der Waals surface area contributed by atoms with Crippen LogP contribution in [0.25, 0.3) is 0 Å². The first kappa shape index (κ1) is 25.2. The first-order valence-corrected chi connectivity index (χ1v) is 12.5. The number of morpholine rings is 1. The molecule has 2 N–H and O–H groups in total. The minimum atomic E-state index is -0.427. The Labute approximate surface area is 206 Å². The molecule has 0 aliphatic carbocycles. The number of carbonyl (C=O) groups excluding carboxylic acids is 2. The normalized spacial score (nSPS) is 17.3. The van der Waals surface area contributed by atoms with Gasteiger partial charge in [-0.15, -0.1) is 0 Å². The van der Waals surface area contributed by atoms with Gasteiger partial charge in [0.05, 0.1) is 26.4 Å². The van der Waals surface area contributed by atoms with E-state index in [4.69, 9.17) is 13.9 Å². The van der Waals surface area contributed by atoms with Gasteiger partial charge in [0.15, 0.2) is 0 Å². The molecule has 0 unspecified atom stereocenters. The summed E-state index contributed by atoms with van der Waals surface area (Å²) in [5.41, 5.74) is 1.83. The van der Waals surface area contributed by atoms with Gasteiger partial charge in [0.2, 0.25) is 5.76 Å². The van der Waals surface area contributed by atoms with Crippen LogP contribution in [0, 0.1) is 0 Å². The molecule has 0 atom stereocenters. The summed E-state index contributed by atoms with van der Waals surface area (Å²) in [4.78, 5) is 28.9. The SMILES string of the molecule is CCOC(=O)c1ccc(CNC2CCN(c3ccc(C(=O)NCCN4CCOCC4)cc3)CC2)o1. The van der Waals surface area contributed by atoms with Crippen LogP contribution in [0.15, 0.2) is 40.8 Å². The molecule has 0 radical (unpaired) electrons. The van der Waals surface area contributed by atoms with Crippen LogP contribution in [-0.2, 0) is 16.0 Å². The van der Waals surface area contributed by atoms with Crippen molar-refractivity contribution in [2.75, 3.05) is 64.0 Å². The lowest BCUT2D eigenvalue weighted by Crippen LogP contribution is -2.42. The summed E-state index contributed by atoms with van der Waals surface area (Å²) in [5, 5.41) is 6.54. The zero-order valence-electron chi connectivity index (χ0n) is 20.5. The summed E-state index contributed by atoms with van der Waals surface area (Å²) in [7, 11) is 0. The van der Waals surface area contributed by atoms with E-state index in [0.29, 0.717) is 31.3 Å². The third kappa shape index (κ3) is 7.30. The van der Waals surface area contributed by atoms with Gasteiger partial charge >= 0.3 is 5.97 Å². The summed E-state index contributed by atoms with van der Waals surface area (Å²) < 4.78 is 15.9. The molecule has 0 saturated carbocycles. The molecular weight excluding hydrogens is 448 g/mol. The van der Waals surface area contributed by atoms with Gasteiger partial charge in [-0.05, 0) is 56.2 Å². The maximum Gasteiger partial charge on any atom is 0.374 e. The smallest absolute Gasteiger partial charge is 0.374 e. The molecular formula is C26H36N4O5. The molecule has 9 nitrogen and oxygen atoms in total. The third-order valence-corrected chi connectivity index (χ3v) is 6.51. The summed E-state index contributed by atoms with van der Waals surface area (Å²) in [5.74, 6) is 0.516. The number of carbonyl (C=O) groups is 2. The van der Waals surface area contributed by atoms with Crippen LogP contribution in [0.2, 0.25) is 0 Å². The quantitative estimate of drug-likeness (QED) is 0.496. The van der Waals surface area contributed by atoms with Gasteiger partial charge in [-0.2, -0.15) is 0 Å². The van der Waals surface area contributed by atoms with Crippen molar-refractivity contribution in [2.45, 2.75) is 32.4 Å². The zero-order valence-corrected chi connectivity index (χ0v) is 20.5. The van der Waals surface area contributed by atoms with E-state index >= 15 is 0 Å². The van der Waals surface area contributed by atoms with Gasteiger partial charge in [0.25, 0.3) is 5.91 Å². The molecule has 1 aromatic heterocycles. The molecule has 9 heteroatoms. The van der Waals surface area contributed by atoms with E-state index in [1.54, 1.807) is 13.0 Å². The molecule has 4 rings (SSSR count). The average Bonchev–Trinajstić information content (AvgIpc) is 3.38. The number of hydrogen-bond acceptors (Lipinski definition) is 8. The lowest BCUT2D eigenvalue weighted by molar-refractivity contribution is 0.0383. The molecule has 2 aromatic rings. The predicted molar refractivity (Wildman–Crippen MR) is 133 cm³/mol. The van der Waals surface area contributed by atoms with Crippen molar-refractivity contribution in [1.29, 1.82) is 0 Å². The largest absolute Gasteiger partial charge is 0.460 e. The highest BCUT2D eigenvalue weighted by atomic mass is 16.5. The second-order valence-electron chi connectivity index (χ2n) is 8.89. The Kier molecular flexibility index (Phi) is 9.16. The number of nitrogens with zero attached hydrogens (tertiary/aromatic N) is 2. The number of amides is 1. The first-order valence-electron chi connectivity index (χ1n) is 12.5. The summed E-state index contributed by atoms with van der Waals surface area (Å²) in [6.07, 6.45) is 2.02. The van der Waals surface area contributed by atoms with Gasteiger partial charge in [-0.1, -0.05) is 0 Å².